The average molecular weight is 272 g/mol. The summed E-state index contributed by atoms with van der Waals surface area (Å²) in [5.74, 6) is 1.10. The van der Waals surface area contributed by atoms with Gasteiger partial charge in [-0.3, -0.25) is 4.79 Å². The summed E-state index contributed by atoms with van der Waals surface area (Å²) in [6.45, 7) is 10.2. The van der Waals surface area contributed by atoms with Crippen molar-refractivity contribution in [3.05, 3.63) is 36.0 Å². The van der Waals surface area contributed by atoms with Gasteiger partial charge in [-0.2, -0.15) is 0 Å². The molecule has 0 aliphatic rings. The molecule has 0 radical (unpaired) electrons. The zero-order chi connectivity index (χ0) is 14.7. The molecule has 1 aromatic heterocycles. The highest BCUT2D eigenvalue weighted by Crippen LogP contribution is 2.17. The van der Waals surface area contributed by atoms with Gasteiger partial charge in [0.25, 0.3) is 5.91 Å². The third-order valence-electron chi connectivity index (χ3n) is 3.26. The van der Waals surface area contributed by atoms with Crippen molar-refractivity contribution in [1.29, 1.82) is 0 Å². The van der Waals surface area contributed by atoms with Crippen molar-refractivity contribution < 1.29 is 4.79 Å². The summed E-state index contributed by atoms with van der Waals surface area (Å²) in [5, 5.41) is 1.09. The predicted octanol–water partition coefficient (Wildman–Crippen LogP) is 3.92. The number of aromatic amines is 1. The number of nitrogens with zero attached hydrogens (tertiary/aromatic N) is 1. The third kappa shape index (κ3) is 3.41. The summed E-state index contributed by atoms with van der Waals surface area (Å²) < 4.78 is 0. The topological polar surface area (TPSA) is 36.1 Å². The van der Waals surface area contributed by atoms with E-state index >= 15 is 0 Å². The van der Waals surface area contributed by atoms with Crippen LogP contribution in [0.5, 0.6) is 0 Å². The lowest BCUT2D eigenvalue weighted by Crippen LogP contribution is -2.37. The second-order valence-corrected chi connectivity index (χ2v) is 6.28. The van der Waals surface area contributed by atoms with Crippen LogP contribution in [0.25, 0.3) is 10.9 Å². The maximum atomic E-state index is 12.7. The number of hydrogen-bond donors (Lipinski definition) is 1. The van der Waals surface area contributed by atoms with Crippen LogP contribution in [0.2, 0.25) is 0 Å². The molecule has 3 nitrogen and oxygen atoms in total. The van der Waals surface area contributed by atoms with E-state index in [1.54, 1.807) is 0 Å². The monoisotopic (exact) mass is 272 g/mol. The number of hydrogen-bond acceptors (Lipinski definition) is 1. The summed E-state index contributed by atoms with van der Waals surface area (Å²) in [5.41, 5.74) is 1.85. The van der Waals surface area contributed by atoms with Gasteiger partial charge in [-0.05, 0) is 36.1 Å². The molecular formula is C17H24N2O. The fourth-order valence-corrected chi connectivity index (χ4v) is 2.49. The summed E-state index contributed by atoms with van der Waals surface area (Å²) in [6, 6.07) is 7.86. The first-order valence-electron chi connectivity index (χ1n) is 7.33. The fourth-order valence-electron chi connectivity index (χ4n) is 2.49. The van der Waals surface area contributed by atoms with Crippen LogP contribution in [0.3, 0.4) is 0 Å². The van der Waals surface area contributed by atoms with Crippen LogP contribution in [0, 0.1) is 11.8 Å². The minimum absolute atomic E-state index is 0.135. The molecule has 0 saturated carbocycles. The van der Waals surface area contributed by atoms with Gasteiger partial charge in [-0.1, -0.05) is 27.7 Å². The van der Waals surface area contributed by atoms with Gasteiger partial charge in [-0.25, -0.2) is 0 Å². The van der Waals surface area contributed by atoms with E-state index in [4.69, 9.17) is 0 Å². The number of carbonyl (C=O) groups is 1. The lowest BCUT2D eigenvalue weighted by molar-refractivity contribution is 0.0715. The maximum absolute atomic E-state index is 12.7. The molecule has 0 aliphatic heterocycles. The minimum atomic E-state index is 0.135. The standard InChI is InChI=1S/C17H24N2O/c1-12(2)10-19(11-13(3)4)17(20)15-5-6-16-14(9-15)7-8-18-16/h5-9,12-13,18H,10-11H2,1-4H3. The molecule has 1 N–H and O–H groups in total. The van der Waals surface area contributed by atoms with Gasteiger partial charge in [0, 0.05) is 35.8 Å². The first-order chi connectivity index (χ1) is 9.47. The highest BCUT2D eigenvalue weighted by Gasteiger charge is 2.18. The van der Waals surface area contributed by atoms with E-state index < -0.39 is 0 Å². The summed E-state index contributed by atoms with van der Waals surface area (Å²) in [4.78, 5) is 17.8. The van der Waals surface area contributed by atoms with Gasteiger partial charge in [0.05, 0.1) is 0 Å². The van der Waals surface area contributed by atoms with Gasteiger partial charge in [0.15, 0.2) is 0 Å². The molecule has 0 saturated heterocycles. The largest absolute Gasteiger partial charge is 0.361 e. The smallest absolute Gasteiger partial charge is 0.253 e. The zero-order valence-corrected chi connectivity index (χ0v) is 12.8. The Hall–Kier alpha value is -1.77. The number of aromatic nitrogens is 1. The molecule has 3 heteroatoms. The second kappa shape index (κ2) is 6.12. The minimum Gasteiger partial charge on any atom is -0.361 e. The van der Waals surface area contributed by atoms with Crippen LogP contribution in [-0.2, 0) is 0 Å². The van der Waals surface area contributed by atoms with Gasteiger partial charge < -0.3 is 9.88 Å². The highest BCUT2D eigenvalue weighted by molar-refractivity contribution is 5.98. The number of fused-ring (bicyclic) bond motifs is 1. The number of H-pyrrole nitrogens is 1. The normalized spacial score (nSPS) is 11.5. The molecule has 0 unspecified atom stereocenters. The lowest BCUT2D eigenvalue weighted by Gasteiger charge is -2.26. The maximum Gasteiger partial charge on any atom is 0.253 e. The van der Waals surface area contributed by atoms with Crippen LogP contribution in [0.1, 0.15) is 38.1 Å². The Morgan fingerprint density at radius 3 is 2.35 bits per heavy atom. The van der Waals surface area contributed by atoms with E-state index in [0.29, 0.717) is 11.8 Å². The molecule has 2 aromatic rings. The predicted molar refractivity (Wildman–Crippen MR) is 83.9 cm³/mol. The molecule has 0 fully saturated rings. The number of rotatable bonds is 5. The first kappa shape index (κ1) is 14.6. The quantitative estimate of drug-likeness (QED) is 0.879. The van der Waals surface area contributed by atoms with E-state index in [9.17, 15) is 4.79 Å². The zero-order valence-electron chi connectivity index (χ0n) is 12.8. The van der Waals surface area contributed by atoms with Crippen LogP contribution in [-0.4, -0.2) is 28.9 Å². The van der Waals surface area contributed by atoms with Crippen LogP contribution < -0.4 is 0 Å². The Morgan fingerprint density at radius 1 is 1.10 bits per heavy atom. The molecule has 20 heavy (non-hydrogen) atoms. The number of nitrogens with one attached hydrogen (secondary N) is 1. The average Bonchev–Trinajstić information content (AvgIpc) is 2.83. The summed E-state index contributed by atoms with van der Waals surface area (Å²) >= 11 is 0. The molecule has 108 valence electrons. The molecular weight excluding hydrogens is 248 g/mol. The van der Waals surface area contributed by atoms with Crippen molar-refractivity contribution in [2.24, 2.45) is 11.8 Å². The van der Waals surface area contributed by atoms with Crippen molar-refractivity contribution in [1.82, 2.24) is 9.88 Å². The van der Waals surface area contributed by atoms with Gasteiger partial charge >= 0.3 is 0 Å². The molecule has 1 heterocycles. The number of amides is 1. The van der Waals surface area contributed by atoms with E-state index in [2.05, 4.69) is 32.7 Å². The fraction of sp³-hybridized carbons (Fsp3) is 0.471. The molecule has 2 rings (SSSR count). The summed E-state index contributed by atoms with van der Waals surface area (Å²) in [6.07, 6.45) is 1.90. The van der Waals surface area contributed by atoms with E-state index in [-0.39, 0.29) is 5.91 Å². The third-order valence-corrected chi connectivity index (χ3v) is 3.26. The molecule has 1 amide bonds. The van der Waals surface area contributed by atoms with E-state index in [0.717, 1.165) is 29.6 Å². The van der Waals surface area contributed by atoms with Crippen molar-refractivity contribution >= 4 is 16.8 Å². The Labute approximate surface area is 121 Å². The number of carbonyl (C=O) groups excluding carboxylic acids is 1. The van der Waals surface area contributed by atoms with Crippen LogP contribution in [0.4, 0.5) is 0 Å². The van der Waals surface area contributed by atoms with Gasteiger partial charge in [0.1, 0.15) is 0 Å². The van der Waals surface area contributed by atoms with Crippen LogP contribution >= 0.6 is 0 Å². The van der Waals surface area contributed by atoms with Crippen molar-refractivity contribution in [3.63, 3.8) is 0 Å². The molecule has 1 aromatic carbocycles. The molecule has 0 aliphatic carbocycles. The van der Waals surface area contributed by atoms with Crippen molar-refractivity contribution in [2.75, 3.05) is 13.1 Å². The molecule has 0 bridgehead atoms. The number of benzene rings is 1. The highest BCUT2D eigenvalue weighted by atomic mass is 16.2. The second-order valence-electron chi connectivity index (χ2n) is 6.28. The Balaban J connectivity index is 2.24. The molecule has 0 atom stereocenters. The Morgan fingerprint density at radius 2 is 1.75 bits per heavy atom. The summed E-state index contributed by atoms with van der Waals surface area (Å²) in [7, 11) is 0. The SMILES string of the molecule is CC(C)CN(CC(C)C)C(=O)c1ccc2[nH]ccc2c1. The Kier molecular flexibility index (Phi) is 4.48. The van der Waals surface area contributed by atoms with Gasteiger partial charge in [-0.15, -0.1) is 0 Å². The lowest BCUT2D eigenvalue weighted by atomic mass is 10.1. The Bertz CT molecular complexity index is 573. The van der Waals surface area contributed by atoms with Crippen molar-refractivity contribution in [3.8, 4) is 0 Å². The first-order valence-corrected chi connectivity index (χ1v) is 7.33. The van der Waals surface area contributed by atoms with Crippen LogP contribution in [0.15, 0.2) is 30.5 Å². The molecule has 0 spiro atoms. The van der Waals surface area contributed by atoms with Crippen molar-refractivity contribution in [2.45, 2.75) is 27.7 Å². The van der Waals surface area contributed by atoms with E-state index in [1.165, 1.54) is 0 Å². The van der Waals surface area contributed by atoms with Gasteiger partial charge in [0.2, 0.25) is 0 Å². The van der Waals surface area contributed by atoms with E-state index in [1.807, 2.05) is 35.4 Å².